The number of esters is 2. The van der Waals surface area contributed by atoms with E-state index in [9.17, 15) is 56.4 Å². The number of rotatable bonds is 24. The lowest BCUT2D eigenvalue weighted by atomic mass is 9.91. The molecule has 1 aliphatic rings. The maximum Gasteiger partial charge on any atom is 0.449 e. The monoisotopic (exact) mass is 866 g/mol. The number of nitrogens with one attached hydrogen (secondary N) is 1. The Labute approximate surface area is 341 Å². The summed E-state index contributed by atoms with van der Waals surface area (Å²) in [5.41, 5.74) is 5.45. The van der Waals surface area contributed by atoms with Crippen LogP contribution in [0.1, 0.15) is 72.3 Å². The summed E-state index contributed by atoms with van der Waals surface area (Å²) >= 11 is 0. The molecular weight excluding hydrogens is 814 g/mol. The van der Waals surface area contributed by atoms with Crippen LogP contribution in [0.5, 0.6) is 0 Å². The molecule has 6 atom stereocenters. The number of nitrogens with zero attached hydrogens (tertiary/aromatic N) is 6. The Balaban J connectivity index is 1.39. The fourth-order valence-electron chi connectivity index (χ4n) is 6.68. The van der Waals surface area contributed by atoms with E-state index < -0.39 is 96.5 Å². The lowest BCUT2D eigenvalue weighted by Gasteiger charge is -2.30. The van der Waals surface area contributed by atoms with Crippen molar-refractivity contribution in [1.29, 1.82) is 0 Å². The molecule has 8 N–H and O–H groups in total. The molecular formula is C37H52F6N8O9. The summed E-state index contributed by atoms with van der Waals surface area (Å²) in [5.74, 6) is -9.57. The lowest BCUT2D eigenvalue weighted by Crippen LogP contribution is -2.49. The number of benzene rings is 1. The average molecular weight is 867 g/mol. The van der Waals surface area contributed by atoms with Gasteiger partial charge in [0, 0.05) is 57.6 Å². The van der Waals surface area contributed by atoms with Crippen molar-refractivity contribution < 1.29 is 70.9 Å². The summed E-state index contributed by atoms with van der Waals surface area (Å²) in [4.78, 5) is 31.8. The van der Waals surface area contributed by atoms with Gasteiger partial charge in [-0.2, -0.15) is 13.2 Å². The molecule has 60 heavy (non-hydrogen) atoms. The number of hydrogen-bond donors (Lipinski definition) is 7. The van der Waals surface area contributed by atoms with E-state index in [-0.39, 0.29) is 70.2 Å². The van der Waals surface area contributed by atoms with Crippen molar-refractivity contribution in [3.05, 3.63) is 64.3 Å². The highest BCUT2D eigenvalue weighted by molar-refractivity contribution is 5.97. The first-order chi connectivity index (χ1) is 28.4. The summed E-state index contributed by atoms with van der Waals surface area (Å²) in [6.45, 7) is 1.56. The number of nitrogens with two attached hydrogens (primary N) is 1. The Kier molecular flexibility index (Phi) is 18.4. The number of ether oxygens (including phenoxy) is 2. The molecule has 4 rings (SSSR count). The molecule has 0 spiro atoms. The van der Waals surface area contributed by atoms with Crippen LogP contribution >= 0.6 is 0 Å². The number of hydrogen-bond acceptors (Lipinski definition) is 15. The molecule has 1 aliphatic heterocycles. The first-order valence-electron chi connectivity index (χ1n) is 19.5. The SMILES string of the molecule is CCCCCCN(Cc1cn(CCOCCC(C(=O)OC(=O)c2nc(C(F)(F)F)n3c2CNCC3)C(N)Cc2cc(F)c(F)cc2F)nn1)CC(O)C(O)C(O)C(O)CO. The number of fused-ring (bicyclic) bond motifs is 1. The topological polar surface area (TPSA) is 244 Å². The molecule has 3 heterocycles. The van der Waals surface area contributed by atoms with Gasteiger partial charge < -0.3 is 50.6 Å². The van der Waals surface area contributed by atoms with Crippen LogP contribution in [0.25, 0.3) is 0 Å². The number of halogens is 6. The number of carbonyl (C=O) groups excluding carboxylic acids is 2. The Morgan fingerprint density at radius 1 is 1.02 bits per heavy atom. The Morgan fingerprint density at radius 3 is 2.43 bits per heavy atom. The minimum atomic E-state index is -4.92. The molecule has 3 aromatic rings. The number of unbranched alkanes of at least 4 members (excludes halogenated alkanes) is 3. The van der Waals surface area contributed by atoms with E-state index >= 15 is 0 Å². The molecule has 0 saturated heterocycles. The second kappa shape index (κ2) is 22.7. The highest BCUT2D eigenvalue weighted by Crippen LogP contribution is 2.32. The standard InChI is InChI=1S/C37H52F6N8O9/c1-2-3-4-5-8-49(19-29(53)32(55)33(56)30(54)20-52)17-22-18-50(48-47-22)10-12-59-11-6-23(27(44)14-21-13-25(39)26(40)15-24(21)38)34(57)60-35(58)31-28-16-45-7-9-51(28)36(46-31)37(41,42)43/h13,15,18,23,27,29-30,32-33,45,52-56H,2-12,14,16-17,19-20,44H2,1H3. The van der Waals surface area contributed by atoms with Gasteiger partial charge in [-0.15, -0.1) is 5.10 Å². The molecule has 336 valence electrons. The van der Waals surface area contributed by atoms with E-state index in [0.717, 1.165) is 30.3 Å². The summed E-state index contributed by atoms with van der Waals surface area (Å²) < 4.78 is 96.1. The normalized spacial score (nSPS) is 16.3. The van der Waals surface area contributed by atoms with Crippen LogP contribution < -0.4 is 11.1 Å². The minimum absolute atomic E-state index is 0.0126. The molecule has 2 aromatic heterocycles. The van der Waals surface area contributed by atoms with Gasteiger partial charge in [-0.25, -0.2) is 27.6 Å². The van der Waals surface area contributed by atoms with Crippen molar-refractivity contribution >= 4 is 11.9 Å². The number of aliphatic hydroxyl groups is 5. The quantitative estimate of drug-likeness (QED) is 0.0217. The van der Waals surface area contributed by atoms with Crippen molar-refractivity contribution in [1.82, 2.24) is 34.8 Å². The largest absolute Gasteiger partial charge is 0.449 e. The second-order valence-corrected chi connectivity index (χ2v) is 14.6. The first kappa shape index (κ1) is 48.6. The fraction of sp³-hybridized carbons (Fsp3) is 0.649. The number of aliphatic hydroxyl groups excluding tert-OH is 5. The third-order valence-corrected chi connectivity index (χ3v) is 9.99. The lowest BCUT2D eigenvalue weighted by molar-refractivity contribution is -0.147. The molecule has 17 nitrogen and oxygen atoms in total. The number of alkyl halides is 3. The van der Waals surface area contributed by atoms with Crippen molar-refractivity contribution in [2.45, 2.75) is 108 Å². The van der Waals surface area contributed by atoms with Crippen LogP contribution in [0, 0.1) is 23.4 Å². The Bertz CT molecular complexity index is 1850. The molecule has 0 radical (unpaired) electrons. The van der Waals surface area contributed by atoms with Crippen molar-refractivity contribution in [3.8, 4) is 0 Å². The van der Waals surface area contributed by atoms with E-state index in [1.165, 1.54) is 4.68 Å². The predicted molar refractivity (Wildman–Crippen MR) is 197 cm³/mol. The zero-order valence-electron chi connectivity index (χ0n) is 32.9. The van der Waals surface area contributed by atoms with Crippen LogP contribution in [-0.2, 0) is 53.0 Å². The van der Waals surface area contributed by atoms with Gasteiger partial charge in [-0.05, 0) is 37.4 Å². The third kappa shape index (κ3) is 13.5. The molecule has 23 heteroatoms. The van der Waals surface area contributed by atoms with Crippen LogP contribution in [0.15, 0.2) is 18.3 Å². The molecule has 0 aliphatic carbocycles. The third-order valence-electron chi connectivity index (χ3n) is 9.99. The molecule has 6 unspecified atom stereocenters. The molecule has 0 amide bonds. The van der Waals surface area contributed by atoms with Gasteiger partial charge in [-0.3, -0.25) is 9.69 Å². The van der Waals surface area contributed by atoms with Crippen LogP contribution in [0.4, 0.5) is 26.3 Å². The van der Waals surface area contributed by atoms with Crippen molar-refractivity contribution in [3.63, 3.8) is 0 Å². The van der Waals surface area contributed by atoms with E-state index in [0.29, 0.717) is 24.4 Å². The number of carbonyl (C=O) groups is 2. The van der Waals surface area contributed by atoms with Gasteiger partial charge in [0.25, 0.3) is 0 Å². The van der Waals surface area contributed by atoms with Gasteiger partial charge in [0.15, 0.2) is 17.3 Å². The van der Waals surface area contributed by atoms with E-state index in [1.807, 2.05) is 6.92 Å². The minimum Gasteiger partial charge on any atom is -0.394 e. The fourth-order valence-corrected chi connectivity index (χ4v) is 6.68. The molecule has 1 aromatic carbocycles. The summed E-state index contributed by atoms with van der Waals surface area (Å²) in [5, 5.41) is 60.8. The smallest absolute Gasteiger partial charge is 0.394 e. The van der Waals surface area contributed by atoms with Crippen molar-refractivity contribution in [2.24, 2.45) is 11.7 Å². The van der Waals surface area contributed by atoms with E-state index in [2.05, 4.69) is 20.6 Å². The Hall–Kier alpha value is -4.07. The maximum atomic E-state index is 14.5. The van der Waals surface area contributed by atoms with Gasteiger partial charge in [0.2, 0.25) is 5.82 Å². The van der Waals surface area contributed by atoms with Gasteiger partial charge in [-0.1, -0.05) is 31.4 Å². The Morgan fingerprint density at radius 2 is 1.73 bits per heavy atom. The summed E-state index contributed by atoms with van der Waals surface area (Å²) in [6.07, 6.45) is -7.15. The molecule has 0 bridgehead atoms. The second-order valence-electron chi connectivity index (χ2n) is 14.6. The molecule has 0 saturated carbocycles. The highest BCUT2D eigenvalue weighted by atomic mass is 19.4. The number of aromatic nitrogens is 5. The van der Waals surface area contributed by atoms with Crippen LogP contribution in [0.2, 0.25) is 0 Å². The highest BCUT2D eigenvalue weighted by Gasteiger charge is 2.41. The van der Waals surface area contributed by atoms with Crippen LogP contribution in [-0.4, -0.2) is 137 Å². The molecule has 0 fully saturated rings. The van der Waals surface area contributed by atoms with E-state index in [4.69, 9.17) is 20.3 Å². The average Bonchev–Trinajstić information content (AvgIpc) is 3.83. The van der Waals surface area contributed by atoms with Gasteiger partial charge in [0.05, 0.1) is 43.2 Å². The predicted octanol–water partition coefficient (Wildman–Crippen LogP) is 0.809. The maximum absolute atomic E-state index is 14.5. The zero-order valence-corrected chi connectivity index (χ0v) is 32.9. The van der Waals surface area contributed by atoms with E-state index in [1.54, 1.807) is 11.1 Å². The number of imidazole rings is 1. The summed E-state index contributed by atoms with van der Waals surface area (Å²) in [6, 6.07) is -0.504. The van der Waals surface area contributed by atoms with Crippen molar-refractivity contribution in [2.75, 3.05) is 39.5 Å². The first-order valence-corrected chi connectivity index (χ1v) is 19.5. The van der Waals surface area contributed by atoms with Gasteiger partial charge >= 0.3 is 18.1 Å². The zero-order chi connectivity index (χ0) is 44.1. The summed E-state index contributed by atoms with van der Waals surface area (Å²) in [7, 11) is 0. The van der Waals surface area contributed by atoms with Crippen LogP contribution in [0.3, 0.4) is 0 Å². The van der Waals surface area contributed by atoms with Gasteiger partial charge in [0.1, 0.15) is 24.1 Å².